The Kier molecular flexibility index (Phi) is 4.44. The number of fused-ring (bicyclic) bond motifs is 1. The number of nitrogens with zero attached hydrogens (tertiary/aromatic N) is 3. The summed E-state index contributed by atoms with van der Waals surface area (Å²) in [5.41, 5.74) is -0.170. The van der Waals surface area contributed by atoms with Crippen LogP contribution in [0, 0.1) is 23.2 Å². The number of hydrogen-bond acceptors (Lipinski definition) is 3. The van der Waals surface area contributed by atoms with Crippen molar-refractivity contribution in [2.45, 2.75) is 82.8 Å². The van der Waals surface area contributed by atoms with E-state index in [4.69, 9.17) is 0 Å². The maximum absolute atomic E-state index is 13.7. The lowest BCUT2D eigenvalue weighted by Crippen LogP contribution is -2.56. The molecule has 2 heterocycles. The normalized spacial score (nSPS) is 32.4. The van der Waals surface area contributed by atoms with Gasteiger partial charge in [-0.25, -0.2) is 9.50 Å². The van der Waals surface area contributed by atoms with E-state index in [0.717, 1.165) is 66.9 Å². The maximum Gasteiger partial charge on any atom is 0.433 e. The van der Waals surface area contributed by atoms with Gasteiger partial charge in [-0.2, -0.15) is 18.3 Å². The van der Waals surface area contributed by atoms with Crippen LogP contribution in [0.25, 0.3) is 5.65 Å². The average Bonchev–Trinajstić information content (AvgIpc) is 3.48. The van der Waals surface area contributed by atoms with Crippen LogP contribution >= 0.6 is 0 Å². The Labute approximate surface area is 185 Å². The third-order valence-corrected chi connectivity index (χ3v) is 8.56. The summed E-state index contributed by atoms with van der Waals surface area (Å²) in [6.07, 6.45) is 6.64. The molecule has 5 fully saturated rings. The van der Waals surface area contributed by atoms with Crippen molar-refractivity contribution >= 4 is 11.6 Å². The Morgan fingerprint density at radius 3 is 2.34 bits per heavy atom. The number of carbonyl (C=O) groups is 1. The van der Waals surface area contributed by atoms with Gasteiger partial charge < -0.3 is 5.32 Å². The van der Waals surface area contributed by atoms with Crippen LogP contribution in [0.3, 0.4) is 0 Å². The number of alkyl halides is 3. The molecule has 1 amide bonds. The summed E-state index contributed by atoms with van der Waals surface area (Å²) in [6.45, 7) is 2.10. The largest absolute Gasteiger partial charge is 0.433 e. The van der Waals surface area contributed by atoms with E-state index < -0.39 is 11.9 Å². The van der Waals surface area contributed by atoms with Crippen LogP contribution in [0.1, 0.15) is 92.4 Å². The predicted molar refractivity (Wildman–Crippen MR) is 112 cm³/mol. The molecule has 1 N–H and O–H groups in total. The topological polar surface area (TPSA) is 59.3 Å². The second-order valence-corrected chi connectivity index (χ2v) is 10.8. The Balaban J connectivity index is 1.33. The molecule has 5 aliphatic rings. The lowest BCUT2D eigenvalue weighted by Gasteiger charge is -2.59. The van der Waals surface area contributed by atoms with E-state index in [9.17, 15) is 18.0 Å². The minimum Gasteiger partial charge on any atom is -0.349 e. The molecule has 1 unspecified atom stereocenters. The van der Waals surface area contributed by atoms with Crippen molar-refractivity contribution in [1.29, 1.82) is 0 Å². The SMILES string of the molecule is CCC(NC(=O)c1cnn2c(C(F)(F)F)cc(C3CC3)nc12)C12CC3CC(CC(C3)C1)C2. The summed E-state index contributed by atoms with van der Waals surface area (Å²) < 4.78 is 41.9. The smallest absolute Gasteiger partial charge is 0.349 e. The number of aromatic nitrogens is 3. The number of nitrogens with one attached hydrogen (secondary N) is 1. The highest BCUT2D eigenvalue weighted by atomic mass is 19.4. The Bertz CT molecular complexity index is 1040. The quantitative estimate of drug-likeness (QED) is 0.674. The fourth-order valence-electron chi connectivity index (χ4n) is 7.46. The van der Waals surface area contributed by atoms with E-state index in [0.29, 0.717) is 5.69 Å². The van der Waals surface area contributed by atoms with Crippen LogP contribution in [-0.4, -0.2) is 26.5 Å². The van der Waals surface area contributed by atoms with Crippen molar-refractivity contribution in [2.75, 3.05) is 0 Å². The predicted octanol–water partition coefficient (Wildman–Crippen LogP) is 5.35. The van der Waals surface area contributed by atoms with Gasteiger partial charge in [-0.15, -0.1) is 0 Å². The van der Waals surface area contributed by atoms with Gasteiger partial charge in [-0.3, -0.25) is 4.79 Å². The highest BCUT2D eigenvalue weighted by molar-refractivity contribution is 5.99. The fourth-order valence-corrected chi connectivity index (χ4v) is 7.46. The summed E-state index contributed by atoms with van der Waals surface area (Å²) >= 11 is 0. The molecule has 32 heavy (non-hydrogen) atoms. The van der Waals surface area contributed by atoms with Crippen molar-refractivity contribution in [2.24, 2.45) is 23.2 Å². The zero-order valence-electron chi connectivity index (χ0n) is 18.3. The Hall–Kier alpha value is -2.12. The lowest BCUT2D eigenvalue weighted by atomic mass is 9.47. The third kappa shape index (κ3) is 3.24. The molecule has 0 saturated heterocycles. The summed E-state index contributed by atoms with van der Waals surface area (Å²) in [5.74, 6) is 1.99. The van der Waals surface area contributed by atoms with Crippen molar-refractivity contribution in [3.8, 4) is 0 Å². The molecule has 0 radical (unpaired) electrons. The fraction of sp³-hybridized carbons (Fsp3) is 0.708. The molecule has 2 aromatic heterocycles. The molecule has 0 aromatic carbocycles. The highest BCUT2D eigenvalue weighted by Gasteiger charge is 2.54. The molecule has 4 bridgehead atoms. The molecule has 8 heteroatoms. The van der Waals surface area contributed by atoms with E-state index in [1.165, 1.54) is 25.5 Å². The second-order valence-electron chi connectivity index (χ2n) is 10.8. The number of halogens is 3. The van der Waals surface area contributed by atoms with E-state index in [1.807, 2.05) is 0 Å². The summed E-state index contributed by atoms with van der Waals surface area (Å²) in [7, 11) is 0. The molecule has 5 saturated carbocycles. The van der Waals surface area contributed by atoms with Crippen LogP contribution < -0.4 is 5.32 Å². The van der Waals surface area contributed by atoms with E-state index in [1.54, 1.807) is 0 Å². The van der Waals surface area contributed by atoms with Crippen LogP contribution in [0.4, 0.5) is 13.2 Å². The Morgan fingerprint density at radius 2 is 1.81 bits per heavy atom. The van der Waals surface area contributed by atoms with Crippen molar-refractivity contribution in [1.82, 2.24) is 19.9 Å². The number of amides is 1. The molecule has 2 aromatic rings. The molecule has 7 rings (SSSR count). The molecule has 0 aliphatic heterocycles. The van der Waals surface area contributed by atoms with Crippen molar-refractivity contribution in [3.05, 3.63) is 29.2 Å². The first-order valence-corrected chi connectivity index (χ1v) is 12.0. The van der Waals surface area contributed by atoms with Gasteiger partial charge >= 0.3 is 6.18 Å². The van der Waals surface area contributed by atoms with Crippen LogP contribution in [0.5, 0.6) is 0 Å². The minimum absolute atomic E-state index is 0.0135. The standard InChI is InChI=1S/C24H29F3N4O/c1-2-19(23-9-13-5-14(10-23)7-15(6-13)11-23)30-22(32)17-12-28-31-20(24(25,26)27)8-18(16-3-4-16)29-21(17)31/h8,12-16,19H,2-7,9-11H2,1H3,(H,30,32). The lowest BCUT2D eigenvalue weighted by molar-refractivity contribution is -0.142. The average molecular weight is 447 g/mol. The van der Waals surface area contributed by atoms with Crippen LogP contribution in [-0.2, 0) is 6.18 Å². The zero-order valence-corrected chi connectivity index (χ0v) is 18.3. The van der Waals surface area contributed by atoms with Crippen LogP contribution in [0.15, 0.2) is 12.3 Å². The minimum atomic E-state index is -4.56. The van der Waals surface area contributed by atoms with Crippen LogP contribution in [0.2, 0.25) is 0 Å². The van der Waals surface area contributed by atoms with E-state index in [-0.39, 0.29) is 34.5 Å². The van der Waals surface area contributed by atoms with Gasteiger partial charge in [0.25, 0.3) is 5.91 Å². The van der Waals surface area contributed by atoms with Gasteiger partial charge in [0.15, 0.2) is 5.65 Å². The van der Waals surface area contributed by atoms with E-state index >= 15 is 0 Å². The first-order chi connectivity index (χ1) is 15.3. The number of rotatable bonds is 5. The Morgan fingerprint density at radius 1 is 1.19 bits per heavy atom. The molecular formula is C24H29F3N4O. The summed E-state index contributed by atoms with van der Waals surface area (Å²) in [5, 5.41) is 7.15. The molecule has 0 spiro atoms. The van der Waals surface area contributed by atoms with Crippen molar-refractivity contribution < 1.29 is 18.0 Å². The molecule has 5 aliphatic carbocycles. The summed E-state index contributed by atoms with van der Waals surface area (Å²) in [4.78, 5) is 17.8. The van der Waals surface area contributed by atoms with E-state index in [2.05, 4.69) is 22.3 Å². The molecule has 1 atom stereocenters. The number of hydrogen-bond donors (Lipinski definition) is 1. The van der Waals surface area contributed by atoms with Gasteiger partial charge in [0.1, 0.15) is 11.3 Å². The van der Waals surface area contributed by atoms with Crippen molar-refractivity contribution in [3.63, 3.8) is 0 Å². The van der Waals surface area contributed by atoms with Gasteiger partial charge in [0, 0.05) is 17.7 Å². The molecular weight excluding hydrogens is 417 g/mol. The van der Waals surface area contributed by atoms with Gasteiger partial charge in [-0.05, 0) is 87.0 Å². The monoisotopic (exact) mass is 446 g/mol. The van der Waals surface area contributed by atoms with Gasteiger partial charge in [0.05, 0.1) is 6.20 Å². The maximum atomic E-state index is 13.7. The zero-order chi connectivity index (χ0) is 22.3. The highest BCUT2D eigenvalue weighted by Crippen LogP contribution is 2.61. The molecule has 172 valence electrons. The van der Waals surface area contributed by atoms with Gasteiger partial charge in [0.2, 0.25) is 0 Å². The first-order valence-electron chi connectivity index (χ1n) is 12.0. The van der Waals surface area contributed by atoms with Gasteiger partial charge in [-0.1, -0.05) is 6.92 Å². The molecule has 5 nitrogen and oxygen atoms in total. The summed E-state index contributed by atoms with van der Waals surface area (Å²) in [6, 6.07) is 1.12. The number of carbonyl (C=O) groups excluding carboxylic acids is 1. The first kappa shape index (κ1) is 20.5. The second kappa shape index (κ2) is 6.94. The third-order valence-electron chi connectivity index (χ3n) is 8.56.